The molecule has 2 aromatic carbocycles. The van der Waals surface area contributed by atoms with Crippen LogP contribution in [0.25, 0.3) is 22.3 Å². The van der Waals surface area contributed by atoms with Crippen LogP contribution in [0.2, 0.25) is 0 Å². The molecule has 2 unspecified atom stereocenters. The van der Waals surface area contributed by atoms with E-state index < -0.39 is 18.1 Å². The van der Waals surface area contributed by atoms with Crippen LogP contribution in [0.4, 0.5) is 4.79 Å². The number of hydrogen-bond donors (Lipinski definition) is 1. The minimum atomic E-state index is -0.673. The molecule has 0 radical (unpaired) electrons. The highest BCUT2D eigenvalue weighted by atomic mass is 16.5. The minimum Gasteiger partial charge on any atom is -0.469 e. The molecule has 0 bridgehead atoms. The van der Waals surface area contributed by atoms with E-state index in [0.717, 1.165) is 65.8 Å². The number of esters is 1. The van der Waals surface area contributed by atoms with Gasteiger partial charge in [0.1, 0.15) is 11.8 Å². The molecular formula is C49H59N5O7. The molecule has 2 saturated heterocycles. The lowest BCUT2D eigenvalue weighted by Crippen LogP contribution is -2.53. The lowest BCUT2D eigenvalue weighted by molar-refractivity contribution is -0.148. The summed E-state index contributed by atoms with van der Waals surface area (Å²) in [4.78, 5) is 78.3. The smallest absolute Gasteiger partial charge is 0.407 e. The Morgan fingerprint density at radius 2 is 1.34 bits per heavy atom. The molecule has 12 heteroatoms. The number of ether oxygens (including phenoxy) is 2. The first-order valence-electron chi connectivity index (χ1n) is 22.2. The first kappa shape index (κ1) is 42.3. The number of aliphatic imine (C=N–C) groups is 2. The Morgan fingerprint density at radius 1 is 0.738 bits per heavy atom. The van der Waals surface area contributed by atoms with Crippen LogP contribution in [0.15, 0.2) is 58.8 Å². The molecule has 1 saturated carbocycles. The first-order valence-corrected chi connectivity index (χ1v) is 22.2. The van der Waals surface area contributed by atoms with Crippen molar-refractivity contribution in [3.8, 4) is 11.1 Å². The van der Waals surface area contributed by atoms with Crippen LogP contribution in [-0.4, -0.2) is 96.3 Å². The van der Waals surface area contributed by atoms with Crippen molar-refractivity contribution in [1.82, 2.24) is 15.1 Å². The van der Waals surface area contributed by atoms with Gasteiger partial charge in [-0.05, 0) is 100 Å². The number of nitrogens with one attached hydrogen (secondary N) is 1. The lowest BCUT2D eigenvalue weighted by atomic mass is 9.85. The number of nitrogens with zero attached hydrogens (tertiary/aromatic N) is 4. The fraction of sp³-hybridized carbons (Fsp3) is 0.531. The third-order valence-electron chi connectivity index (χ3n) is 14.1. The molecule has 8 rings (SSSR count). The molecule has 0 spiro atoms. The predicted octanol–water partition coefficient (Wildman–Crippen LogP) is 7.54. The average molecular weight is 830 g/mol. The second kappa shape index (κ2) is 17.5. The van der Waals surface area contributed by atoms with Gasteiger partial charge in [-0.2, -0.15) is 0 Å². The number of methoxy groups -OCH3 is 2. The Morgan fingerprint density at radius 3 is 1.97 bits per heavy atom. The third-order valence-corrected chi connectivity index (χ3v) is 14.1. The molecule has 3 fully saturated rings. The highest BCUT2D eigenvalue weighted by Gasteiger charge is 2.44. The van der Waals surface area contributed by atoms with Gasteiger partial charge in [0.25, 0.3) is 0 Å². The van der Waals surface area contributed by atoms with Crippen molar-refractivity contribution in [3.05, 3.63) is 71.1 Å². The standard InChI is InChI=1S/C49H59N5O7/c1-27(2)37(24-44(56)60-5)47(57)53-17-7-9-42(53)41-22-33(26-51-41)35-15-16-36(45-38-23-34(55)19-31(38)20-39(35)45)30-13-11-29(12-14-30)32-21-40(50-25-32)43-10-8-18-54(43)48(58)46(28(3)4)52-49(59)61-6/h11-16,25-28,31,37-38,42-43,46H,7-10,17-24H2,1-6H3,(H,52,59)/t31?,37-,38?,42-,43-,46-/m0/s1. The van der Waals surface area contributed by atoms with Crippen LogP contribution in [0.3, 0.4) is 0 Å². The van der Waals surface area contributed by atoms with E-state index >= 15 is 0 Å². The summed E-state index contributed by atoms with van der Waals surface area (Å²) >= 11 is 0. The van der Waals surface area contributed by atoms with Crippen LogP contribution in [0.1, 0.15) is 114 Å². The topological polar surface area (TPSA) is 147 Å². The van der Waals surface area contributed by atoms with Crippen LogP contribution < -0.4 is 5.32 Å². The summed E-state index contributed by atoms with van der Waals surface area (Å²) in [5.74, 6) is -0.172. The average Bonchev–Trinajstić information content (AvgIpc) is 4.11. The van der Waals surface area contributed by atoms with E-state index in [2.05, 4.69) is 41.7 Å². The highest BCUT2D eigenvalue weighted by molar-refractivity contribution is 6.05. The van der Waals surface area contributed by atoms with Crippen molar-refractivity contribution in [1.29, 1.82) is 0 Å². The summed E-state index contributed by atoms with van der Waals surface area (Å²) in [5.41, 5.74) is 11.4. The number of carbonyl (C=O) groups excluding carboxylic acids is 5. The molecule has 3 amide bonds. The van der Waals surface area contributed by atoms with Gasteiger partial charge in [-0.1, -0.05) is 64.1 Å². The molecule has 4 heterocycles. The second-order valence-electron chi connectivity index (χ2n) is 18.4. The lowest BCUT2D eigenvalue weighted by Gasteiger charge is -2.31. The number of benzene rings is 2. The molecule has 6 atom stereocenters. The minimum absolute atomic E-state index is 0.00331. The molecule has 0 aromatic heterocycles. The van der Waals surface area contributed by atoms with Gasteiger partial charge < -0.3 is 24.6 Å². The van der Waals surface area contributed by atoms with Gasteiger partial charge in [-0.25, -0.2) is 4.79 Å². The van der Waals surface area contributed by atoms with Gasteiger partial charge in [-0.15, -0.1) is 0 Å². The van der Waals surface area contributed by atoms with Crippen LogP contribution in [-0.2, 0) is 35.1 Å². The largest absolute Gasteiger partial charge is 0.469 e. The number of carbonyl (C=O) groups is 5. The van der Waals surface area contributed by atoms with Gasteiger partial charge in [-0.3, -0.25) is 29.2 Å². The summed E-state index contributed by atoms with van der Waals surface area (Å²) in [5, 5.41) is 2.73. The van der Waals surface area contributed by atoms with E-state index in [1.165, 1.54) is 36.5 Å². The number of ketones is 1. The predicted molar refractivity (Wildman–Crippen MR) is 235 cm³/mol. The number of fused-ring (bicyclic) bond motifs is 3. The van der Waals surface area contributed by atoms with E-state index in [9.17, 15) is 24.0 Å². The van der Waals surface area contributed by atoms with Crippen molar-refractivity contribution in [2.45, 2.75) is 116 Å². The molecule has 322 valence electrons. The molecule has 12 nitrogen and oxygen atoms in total. The number of Topliss-reactive ketones (excluding diaryl/α,β-unsaturated/α-hetero) is 1. The maximum absolute atomic E-state index is 13.9. The van der Waals surface area contributed by atoms with Gasteiger partial charge >= 0.3 is 12.1 Å². The third kappa shape index (κ3) is 8.22. The van der Waals surface area contributed by atoms with Crippen molar-refractivity contribution in [3.63, 3.8) is 0 Å². The van der Waals surface area contributed by atoms with Crippen LogP contribution >= 0.6 is 0 Å². The Labute approximate surface area is 358 Å². The molecule has 6 aliphatic rings. The van der Waals surface area contributed by atoms with Gasteiger partial charge in [0.2, 0.25) is 11.8 Å². The zero-order valence-electron chi connectivity index (χ0n) is 36.4. The van der Waals surface area contributed by atoms with E-state index in [1.54, 1.807) is 0 Å². The van der Waals surface area contributed by atoms with Crippen molar-refractivity contribution in [2.75, 3.05) is 27.3 Å². The number of rotatable bonds is 12. The number of hydrogen-bond acceptors (Lipinski definition) is 9. The highest BCUT2D eigenvalue weighted by Crippen LogP contribution is 2.53. The summed E-state index contributed by atoms with van der Waals surface area (Å²) in [7, 11) is 2.67. The van der Waals surface area contributed by atoms with Crippen molar-refractivity contribution < 1.29 is 33.4 Å². The molecule has 1 N–H and O–H groups in total. The summed E-state index contributed by atoms with van der Waals surface area (Å²) < 4.78 is 9.72. The fourth-order valence-electron chi connectivity index (χ4n) is 10.8. The molecule has 4 aliphatic heterocycles. The van der Waals surface area contributed by atoms with Gasteiger partial charge in [0.15, 0.2) is 0 Å². The van der Waals surface area contributed by atoms with E-state index in [0.29, 0.717) is 50.5 Å². The Hall–Kier alpha value is -5.39. The van der Waals surface area contributed by atoms with Gasteiger partial charge in [0.05, 0.1) is 38.6 Å². The second-order valence-corrected chi connectivity index (χ2v) is 18.4. The Kier molecular flexibility index (Phi) is 12.2. The summed E-state index contributed by atoms with van der Waals surface area (Å²) in [6.07, 6.45) is 10.2. The normalized spacial score (nSPS) is 24.0. The first-order chi connectivity index (χ1) is 29.4. The summed E-state index contributed by atoms with van der Waals surface area (Å²) in [6, 6.07) is 12.2. The number of likely N-dealkylation sites (tertiary alicyclic amines) is 2. The Bertz CT molecular complexity index is 2240. The Balaban J connectivity index is 0.976. The number of amides is 3. The maximum Gasteiger partial charge on any atom is 0.407 e. The molecular weight excluding hydrogens is 771 g/mol. The zero-order valence-corrected chi connectivity index (χ0v) is 36.4. The van der Waals surface area contributed by atoms with Crippen molar-refractivity contribution in [2.24, 2.45) is 33.7 Å². The van der Waals surface area contributed by atoms with E-state index in [-0.39, 0.29) is 54.0 Å². The number of alkyl carbamates (subject to hydrolysis) is 1. The monoisotopic (exact) mass is 829 g/mol. The quantitative estimate of drug-likeness (QED) is 0.218. The number of allylic oxidation sites excluding steroid dienone is 2. The maximum atomic E-state index is 13.9. The SMILES string of the molecule is COC(=O)C[C@H](C(=O)N1CCC[C@H]1C1=NC=C(c2ccc(-c3ccc(C4=CN=C([C@@H]5CCCN5C(=O)[C@@H](NC(=O)OC)C(C)C)C4)cc3)c3c2CC2CC(=O)CC32)C1)C(C)C. The van der Waals surface area contributed by atoms with Crippen LogP contribution in [0, 0.1) is 23.7 Å². The summed E-state index contributed by atoms with van der Waals surface area (Å²) in [6.45, 7) is 9.09. The molecule has 2 aromatic rings. The zero-order chi connectivity index (χ0) is 43.1. The van der Waals surface area contributed by atoms with Gasteiger partial charge in [0, 0.05) is 62.6 Å². The van der Waals surface area contributed by atoms with Crippen LogP contribution in [0.5, 0.6) is 0 Å². The molecule has 2 aliphatic carbocycles. The van der Waals surface area contributed by atoms with E-state index in [1.807, 2.05) is 49.9 Å². The fourth-order valence-corrected chi connectivity index (χ4v) is 10.8. The molecule has 61 heavy (non-hydrogen) atoms. The van der Waals surface area contributed by atoms with Crippen molar-refractivity contribution >= 4 is 52.2 Å². The van der Waals surface area contributed by atoms with E-state index in [4.69, 9.17) is 19.5 Å².